The Labute approximate surface area is 117 Å². The summed E-state index contributed by atoms with van der Waals surface area (Å²) in [7, 11) is 1.54. The highest BCUT2D eigenvalue weighted by Crippen LogP contribution is 2.48. The van der Waals surface area contributed by atoms with Crippen molar-refractivity contribution in [2.24, 2.45) is 5.92 Å². The molecular weight excluding hydrogens is 256 g/mol. The van der Waals surface area contributed by atoms with E-state index in [-0.39, 0.29) is 17.7 Å². The van der Waals surface area contributed by atoms with Gasteiger partial charge in [0.25, 0.3) is 0 Å². The molecule has 2 aromatic rings. The van der Waals surface area contributed by atoms with Gasteiger partial charge in [0.2, 0.25) is 11.8 Å². The lowest BCUT2D eigenvalue weighted by atomic mass is 10.2. The number of furan rings is 1. The van der Waals surface area contributed by atoms with Crippen LogP contribution in [0.15, 0.2) is 35.1 Å². The first-order chi connectivity index (χ1) is 9.69. The van der Waals surface area contributed by atoms with Crippen molar-refractivity contribution in [1.82, 2.24) is 4.98 Å². The topological polar surface area (TPSA) is 64.4 Å². The molecule has 1 aliphatic carbocycles. The molecule has 0 bridgehead atoms. The molecule has 0 radical (unpaired) electrons. The predicted octanol–water partition coefficient (Wildman–Crippen LogP) is 2.73. The zero-order chi connectivity index (χ0) is 14.1. The Morgan fingerprint density at radius 3 is 3.10 bits per heavy atom. The summed E-state index contributed by atoms with van der Waals surface area (Å²) in [6.07, 6.45) is 4.16. The van der Waals surface area contributed by atoms with Crippen LogP contribution < -0.4 is 10.1 Å². The number of pyridine rings is 1. The number of carbonyl (C=O) groups excluding carboxylic acids is 1. The van der Waals surface area contributed by atoms with Crippen molar-refractivity contribution in [1.29, 1.82) is 0 Å². The largest absolute Gasteiger partial charge is 0.480 e. The number of anilines is 1. The number of aryl methyl sites for hydroxylation is 1. The Balaban J connectivity index is 1.70. The van der Waals surface area contributed by atoms with Gasteiger partial charge in [0, 0.05) is 18.0 Å². The van der Waals surface area contributed by atoms with E-state index in [1.165, 1.54) is 7.11 Å². The van der Waals surface area contributed by atoms with Crippen LogP contribution in [0.1, 0.15) is 23.7 Å². The van der Waals surface area contributed by atoms with Gasteiger partial charge < -0.3 is 14.5 Å². The Kier molecular flexibility index (Phi) is 3.18. The first kappa shape index (κ1) is 12.7. The summed E-state index contributed by atoms with van der Waals surface area (Å²) in [5.41, 5.74) is 1.59. The highest BCUT2D eigenvalue weighted by atomic mass is 16.5. The lowest BCUT2D eigenvalue weighted by molar-refractivity contribution is -0.117. The number of rotatable bonds is 4. The molecular formula is C15H16N2O3. The molecule has 1 aliphatic rings. The number of methoxy groups -OCH3 is 1. The molecule has 2 atom stereocenters. The second kappa shape index (κ2) is 5.00. The number of hydrogen-bond acceptors (Lipinski definition) is 4. The smallest absolute Gasteiger partial charge is 0.237 e. The number of nitrogens with zero attached hydrogens (tertiary/aromatic N) is 1. The summed E-state index contributed by atoms with van der Waals surface area (Å²) in [6, 6.07) is 5.61. The van der Waals surface area contributed by atoms with Crippen molar-refractivity contribution in [2.45, 2.75) is 19.3 Å². The van der Waals surface area contributed by atoms with Crippen LogP contribution in [0.2, 0.25) is 0 Å². The first-order valence-corrected chi connectivity index (χ1v) is 6.54. The Morgan fingerprint density at radius 1 is 1.55 bits per heavy atom. The summed E-state index contributed by atoms with van der Waals surface area (Å²) < 4.78 is 10.5. The summed E-state index contributed by atoms with van der Waals surface area (Å²) in [5.74, 6) is 1.44. The number of nitrogens with one attached hydrogen (secondary N) is 1. The van der Waals surface area contributed by atoms with Crippen molar-refractivity contribution in [2.75, 3.05) is 12.4 Å². The van der Waals surface area contributed by atoms with Crippen molar-refractivity contribution >= 4 is 11.6 Å². The molecule has 1 N–H and O–H groups in total. The van der Waals surface area contributed by atoms with Gasteiger partial charge in [0.15, 0.2) is 0 Å². The lowest BCUT2D eigenvalue weighted by Gasteiger charge is -2.09. The second-order valence-corrected chi connectivity index (χ2v) is 5.02. The molecule has 1 saturated carbocycles. The average molecular weight is 272 g/mol. The quantitative estimate of drug-likeness (QED) is 0.929. The van der Waals surface area contributed by atoms with Crippen LogP contribution >= 0.6 is 0 Å². The second-order valence-electron chi connectivity index (χ2n) is 5.02. The van der Waals surface area contributed by atoms with Gasteiger partial charge in [-0.25, -0.2) is 4.98 Å². The fraction of sp³-hybridized carbons (Fsp3) is 0.333. The van der Waals surface area contributed by atoms with Gasteiger partial charge in [0.05, 0.1) is 13.4 Å². The molecule has 0 spiro atoms. The maximum atomic E-state index is 12.2. The molecule has 0 aromatic carbocycles. The highest BCUT2D eigenvalue weighted by Gasteiger charge is 2.46. The zero-order valence-corrected chi connectivity index (χ0v) is 11.4. The third-order valence-corrected chi connectivity index (χ3v) is 3.47. The number of aromatic nitrogens is 1. The van der Waals surface area contributed by atoms with Crippen LogP contribution in [0.3, 0.4) is 0 Å². The lowest BCUT2D eigenvalue weighted by Crippen LogP contribution is -2.15. The van der Waals surface area contributed by atoms with E-state index in [4.69, 9.17) is 9.15 Å². The number of hydrogen-bond donors (Lipinski definition) is 1. The molecule has 0 aliphatic heterocycles. The monoisotopic (exact) mass is 272 g/mol. The molecule has 20 heavy (non-hydrogen) atoms. The van der Waals surface area contributed by atoms with Crippen molar-refractivity contribution in [3.05, 3.63) is 42.0 Å². The molecule has 3 rings (SSSR count). The molecule has 0 saturated heterocycles. The average Bonchev–Trinajstić information content (AvgIpc) is 3.05. The minimum absolute atomic E-state index is 0.0166. The summed E-state index contributed by atoms with van der Waals surface area (Å²) in [4.78, 5) is 16.4. The molecule has 5 heteroatoms. The summed E-state index contributed by atoms with van der Waals surface area (Å²) in [5, 5.41) is 2.89. The molecule has 104 valence electrons. The van der Waals surface area contributed by atoms with Gasteiger partial charge in [-0.3, -0.25) is 4.79 Å². The van der Waals surface area contributed by atoms with E-state index >= 15 is 0 Å². The molecule has 0 unspecified atom stereocenters. The van der Waals surface area contributed by atoms with Crippen LogP contribution in [0, 0.1) is 12.8 Å². The van der Waals surface area contributed by atoms with E-state index in [1.54, 1.807) is 12.5 Å². The van der Waals surface area contributed by atoms with Gasteiger partial charge in [-0.05, 0) is 37.1 Å². The molecule has 1 fully saturated rings. The van der Waals surface area contributed by atoms with Crippen LogP contribution in [-0.2, 0) is 4.79 Å². The number of amides is 1. The Morgan fingerprint density at radius 2 is 2.40 bits per heavy atom. The minimum Gasteiger partial charge on any atom is -0.480 e. The van der Waals surface area contributed by atoms with Crippen molar-refractivity contribution in [3.8, 4) is 5.88 Å². The third kappa shape index (κ3) is 2.39. The number of carbonyl (C=O) groups is 1. The molecule has 1 amide bonds. The fourth-order valence-corrected chi connectivity index (χ4v) is 2.34. The normalized spacial score (nSPS) is 20.5. The Hall–Kier alpha value is -2.30. The van der Waals surface area contributed by atoms with Gasteiger partial charge in [-0.1, -0.05) is 0 Å². The standard InChI is InChI=1S/C15H16N2O3/c1-9-6-12(15(19-2)16-8-9)17-14(18)11-7-10(11)13-4-3-5-20-13/h3-6,8,10-11H,7H2,1-2H3,(H,17,18)/t10-,11+/m1/s1. The van der Waals surface area contributed by atoms with E-state index in [2.05, 4.69) is 10.3 Å². The van der Waals surface area contributed by atoms with Crippen molar-refractivity contribution in [3.63, 3.8) is 0 Å². The van der Waals surface area contributed by atoms with Crippen LogP contribution in [0.5, 0.6) is 5.88 Å². The van der Waals surface area contributed by atoms with E-state index in [0.29, 0.717) is 11.6 Å². The van der Waals surface area contributed by atoms with Crippen molar-refractivity contribution < 1.29 is 13.9 Å². The van der Waals surface area contributed by atoms with E-state index in [1.807, 2.05) is 25.1 Å². The molecule has 2 heterocycles. The fourth-order valence-electron chi connectivity index (χ4n) is 2.34. The van der Waals surface area contributed by atoms with Crippen LogP contribution in [0.4, 0.5) is 5.69 Å². The maximum Gasteiger partial charge on any atom is 0.237 e. The summed E-state index contributed by atoms with van der Waals surface area (Å²) >= 11 is 0. The number of ether oxygens (including phenoxy) is 1. The molecule has 5 nitrogen and oxygen atoms in total. The highest BCUT2D eigenvalue weighted by molar-refractivity contribution is 5.96. The van der Waals surface area contributed by atoms with E-state index in [0.717, 1.165) is 17.7 Å². The van der Waals surface area contributed by atoms with Gasteiger partial charge in [0.1, 0.15) is 11.4 Å². The molecule has 2 aromatic heterocycles. The van der Waals surface area contributed by atoms with E-state index < -0.39 is 0 Å². The maximum absolute atomic E-state index is 12.2. The van der Waals surface area contributed by atoms with Gasteiger partial charge >= 0.3 is 0 Å². The van der Waals surface area contributed by atoms with Gasteiger partial charge in [-0.15, -0.1) is 0 Å². The van der Waals surface area contributed by atoms with Crippen LogP contribution in [-0.4, -0.2) is 18.0 Å². The predicted molar refractivity (Wildman–Crippen MR) is 73.7 cm³/mol. The zero-order valence-electron chi connectivity index (χ0n) is 11.4. The van der Waals surface area contributed by atoms with E-state index in [9.17, 15) is 4.79 Å². The Bertz CT molecular complexity index is 622. The summed E-state index contributed by atoms with van der Waals surface area (Å²) in [6.45, 7) is 1.92. The minimum atomic E-state index is -0.0358. The SMILES string of the molecule is COc1ncc(C)cc1NC(=O)[C@H]1C[C@H]1c1ccco1. The van der Waals surface area contributed by atoms with Gasteiger partial charge in [-0.2, -0.15) is 0 Å². The first-order valence-electron chi connectivity index (χ1n) is 6.54. The third-order valence-electron chi connectivity index (χ3n) is 3.47. The van der Waals surface area contributed by atoms with Crippen LogP contribution in [0.25, 0.3) is 0 Å².